The highest BCUT2D eigenvalue weighted by molar-refractivity contribution is 5.97. The van der Waals surface area contributed by atoms with Crippen molar-refractivity contribution in [3.8, 4) is 5.75 Å². The zero-order chi connectivity index (χ0) is 19.9. The minimum Gasteiger partial charge on any atom is -0.489 e. The minimum atomic E-state index is -0.332. The number of likely N-dealkylation sites (N-methyl/N-ethyl adjacent to an activating group) is 1. The van der Waals surface area contributed by atoms with Crippen molar-refractivity contribution in [2.24, 2.45) is 0 Å². The maximum absolute atomic E-state index is 13.0. The van der Waals surface area contributed by atoms with E-state index in [2.05, 4.69) is 5.32 Å². The van der Waals surface area contributed by atoms with E-state index in [1.165, 1.54) is 0 Å². The smallest absolute Gasteiger partial charge is 0.254 e. The predicted octanol–water partition coefficient (Wildman–Crippen LogP) is 3.64. The minimum absolute atomic E-state index is 0.0283. The second kappa shape index (κ2) is 9.21. The van der Waals surface area contributed by atoms with Crippen LogP contribution in [-0.4, -0.2) is 35.3 Å². The van der Waals surface area contributed by atoms with Crippen LogP contribution in [0.5, 0.6) is 5.75 Å². The first kappa shape index (κ1) is 20.5. The Hall–Kier alpha value is -2.82. The zero-order valence-electron chi connectivity index (χ0n) is 16.5. The lowest BCUT2D eigenvalue weighted by Crippen LogP contribution is -2.47. The fourth-order valence-corrected chi connectivity index (χ4v) is 2.66. The van der Waals surface area contributed by atoms with Gasteiger partial charge >= 0.3 is 0 Å². The Morgan fingerprint density at radius 3 is 2.26 bits per heavy atom. The molecule has 1 N–H and O–H groups in total. The number of carbonyl (C=O) groups excluding carboxylic acids is 2. The fourth-order valence-electron chi connectivity index (χ4n) is 2.66. The Labute approximate surface area is 161 Å². The monoisotopic (exact) mass is 368 g/mol. The third-order valence-corrected chi connectivity index (χ3v) is 3.90. The van der Waals surface area contributed by atoms with E-state index >= 15 is 0 Å². The van der Waals surface area contributed by atoms with E-state index in [0.717, 1.165) is 11.3 Å². The second-order valence-corrected chi connectivity index (χ2v) is 7.38. The average Bonchev–Trinajstić information content (AvgIpc) is 2.63. The Balaban J connectivity index is 2.11. The van der Waals surface area contributed by atoms with Gasteiger partial charge in [-0.2, -0.15) is 0 Å². The van der Waals surface area contributed by atoms with Gasteiger partial charge < -0.3 is 15.0 Å². The van der Waals surface area contributed by atoms with E-state index < -0.39 is 0 Å². The summed E-state index contributed by atoms with van der Waals surface area (Å²) in [6.45, 7) is 8.38. The van der Waals surface area contributed by atoms with Gasteiger partial charge in [0.15, 0.2) is 0 Å². The van der Waals surface area contributed by atoms with Gasteiger partial charge in [0, 0.05) is 23.2 Å². The van der Waals surface area contributed by atoms with Crippen LogP contribution in [0, 0.1) is 0 Å². The van der Waals surface area contributed by atoms with Crippen molar-refractivity contribution in [3.05, 3.63) is 65.7 Å². The first-order valence-corrected chi connectivity index (χ1v) is 9.16. The van der Waals surface area contributed by atoms with Gasteiger partial charge in [0.2, 0.25) is 5.91 Å². The molecule has 0 bridgehead atoms. The quantitative estimate of drug-likeness (QED) is 0.812. The summed E-state index contributed by atoms with van der Waals surface area (Å²) in [5, 5.41) is 2.89. The molecule has 5 nitrogen and oxygen atoms in total. The van der Waals surface area contributed by atoms with Crippen LogP contribution in [-0.2, 0) is 11.4 Å². The Kier molecular flexibility index (Phi) is 6.99. The van der Waals surface area contributed by atoms with E-state index in [0.29, 0.717) is 12.1 Å². The van der Waals surface area contributed by atoms with Gasteiger partial charge in [-0.15, -0.1) is 0 Å². The van der Waals surface area contributed by atoms with E-state index in [1.807, 2.05) is 76.2 Å². The van der Waals surface area contributed by atoms with E-state index in [9.17, 15) is 9.59 Å². The highest BCUT2D eigenvalue weighted by atomic mass is 16.5. The van der Waals surface area contributed by atoms with Gasteiger partial charge in [-0.05, 0) is 45.9 Å². The molecule has 144 valence electrons. The molecule has 2 aromatic rings. The van der Waals surface area contributed by atoms with Gasteiger partial charge in [0.05, 0.1) is 6.54 Å². The summed E-state index contributed by atoms with van der Waals surface area (Å²) < 4.78 is 5.79. The molecule has 0 fully saturated rings. The number of para-hydroxylation sites is 1. The Morgan fingerprint density at radius 2 is 1.63 bits per heavy atom. The number of ether oxygens (including phenoxy) is 1. The first-order chi connectivity index (χ1) is 12.8. The molecule has 2 aromatic carbocycles. The largest absolute Gasteiger partial charge is 0.489 e. The molecule has 0 radical (unpaired) electrons. The van der Waals surface area contributed by atoms with Crippen molar-refractivity contribution in [2.45, 2.75) is 39.8 Å². The third-order valence-electron chi connectivity index (χ3n) is 3.90. The predicted molar refractivity (Wildman–Crippen MR) is 107 cm³/mol. The number of hydrogen-bond acceptors (Lipinski definition) is 3. The molecule has 0 saturated heterocycles. The Morgan fingerprint density at radius 1 is 1.00 bits per heavy atom. The highest BCUT2D eigenvalue weighted by Gasteiger charge is 2.22. The lowest BCUT2D eigenvalue weighted by Gasteiger charge is -2.25. The maximum Gasteiger partial charge on any atom is 0.254 e. The molecule has 0 aromatic heterocycles. The van der Waals surface area contributed by atoms with Crippen LogP contribution in [0.25, 0.3) is 0 Å². The summed E-state index contributed by atoms with van der Waals surface area (Å²) in [6.07, 6.45) is 0. The fraction of sp³-hybridized carbons (Fsp3) is 0.364. The van der Waals surface area contributed by atoms with Crippen LogP contribution < -0.4 is 10.1 Å². The molecule has 0 heterocycles. The average molecular weight is 368 g/mol. The SMILES string of the molecule is CCN(CC(=O)NC(C)(C)C)C(=O)c1ccccc1COc1ccccc1. The summed E-state index contributed by atoms with van der Waals surface area (Å²) >= 11 is 0. The van der Waals surface area contributed by atoms with Crippen LogP contribution >= 0.6 is 0 Å². The summed E-state index contributed by atoms with van der Waals surface area (Å²) in [6, 6.07) is 16.8. The molecule has 0 unspecified atom stereocenters. The lowest BCUT2D eigenvalue weighted by atomic mass is 10.1. The molecule has 0 aliphatic carbocycles. The molecule has 5 heteroatoms. The van der Waals surface area contributed by atoms with Gasteiger partial charge in [-0.25, -0.2) is 0 Å². The van der Waals surface area contributed by atoms with Crippen molar-refractivity contribution < 1.29 is 14.3 Å². The van der Waals surface area contributed by atoms with Crippen LogP contribution in [0.1, 0.15) is 43.6 Å². The Bertz CT molecular complexity index is 767. The molecule has 0 atom stereocenters. The number of benzene rings is 2. The summed E-state index contributed by atoms with van der Waals surface area (Å²) in [5.74, 6) is 0.404. The number of hydrogen-bond donors (Lipinski definition) is 1. The topological polar surface area (TPSA) is 58.6 Å². The van der Waals surface area contributed by atoms with Crippen LogP contribution in [0.15, 0.2) is 54.6 Å². The van der Waals surface area contributed by atoms with Crippen LogP contribution in [0.4, 0.5) is 0 Å². The first-order valence-electron chi connectivity index (χ1n) is 9.16. The molecule has 27 heavy (non-hydrogen) atoms. The molecule has 0 spiro atoms. The molecule has 0 aliphatic rings. The lowest BCUT2D eigenvalue weighted by molar-refractivity contribution is -0.123. The third kappa shape index (κ3) is 6.44. The molecule has 0 saturated carbocycles. The molecular formula is C22H28N2O3. The van der Waals surface area contributed by atoms with E-state index in [1.54, 1.807) is 11.0 Å². The van der Waals surface area contributed by atoms with E-state index in [-0.39, 0.29) is 30.5 Å². The number of nitrogens with zero attached hydrogens (tertiary/aromatic N) is 1. The van der Waals surface area contributed by atoms with Crippen molar-refractivity contribution in [1.82, 2.24) is 10.2 Å². The van der Waals surface area contributed by atoms with Crippen molar-refractivity contribution in [1.29, 1.82) is 0 Å². The number of carbonyl (C=O) groups is 2. The number of nitrogens with one attached hydrogen (secondary N) is 1. The van der Waals surface area contributed by atoms with Crippen LogP contribution in [0.2, 0.25) is 0 Å². The van der Waals surface area contributed by atoms with Gasteiger partial charge in [-0.1, -0.05) is 36.4 Å². The summed E-state index contributed by atoms with van der Waals surface area (Å²) in [4.78, 5) is 26.8. The van der Waals surface area contributed by atoms with E-state index in [4.69, 9.17) is 4.74 Å². The summed E-state index contributed by atoms with van der Waals surface area (Å²) in [5.41, 5.74) is 1.01. The van der Waals surface area contributed by atoms with Gasteiger partial charge in [-0.3, -0.25) is 9.59 Å². The van der Waals surface area contributed by atoms with Gasteiger partial charge in [0.1, 0.15) is 12.4 Å². The molecule has 0 aliphatic heterocycles. The zero-order valence-corrected chi connectivity index (χ0v) is 16.5. The second-order valence-electron chi connectivity index (χ2n) is 7.38. The van der Waals surface area contributed by atoms with Gasteiger partial charge in [0.25, 0.3) is 5.91 Å². The number of amides is 2. The summed E-state index contributed by atoms with van der Waals surface area (Å²) in [7, 11) is 0. The standard InChI is InChI=1S/C22H28N2O3/c1-5-24(15-20(25)23-22(2,3)4)21(26)19-14-10-9-11-17(19)16-27-18-12-7-6-8-13-18/h6-14H,5,15-16H2,1-4H3,(H,23,25). The highest BCUT2D eigenvalue weighted by Crippen LogP contribution is 2.16. The van der Waals surface area contributed by atoms with Crippen molar-refractivity contribution in [3.63, 3.8) is 0 Å². The van der Waals surface area contributed by atoms with Crippen molar-refractivity contribution >= 4 is 11.8 Å². The molecular weight excluding hydrogens is 340 g/mol. The maximum atomic E-state index is 13.0. The normalized spacial score (nSPS) is 11.0. The van der Waals surface area contributed by atoms with Crippen LogP contribution in [0.3, 0.4) is 0 Å². The number of rotatable bonds is 7. The van der Waals surface area contributed by atoms with Crippen molar-refractivity contribution in [2.75, 3.05) is 13.1 Å². The molecule has 2 amide bonds. The molecule has 2 rings (SSSR count).